The monoisotopic (exact) mass is 226 g/mol. The van der Waals surface area contributed by atoms with E-state index in [1.165, 1.54) is 6.26 Å². The summed E-state index contributed by atoms with van der Waals surface area (Å²) in [6, 6.07) is 3.31. The van der Waals surface area contributed by atoms with E-state index in [1.807, 2.05) is 6.92 Å². The van der Waals surface area contributed by atoms with Crippen LogP contribution in [0.3, 0.4) is 0 Å². The lowest BCUT2D eigenvalue weighted by Gasteiger charge is -2.19. The van der Waals surface area contributed by atoms with Gasteiger partial charge in [0, 0.05) is 19.5 Å². The summed E-state index contributed by atoms with van der Waals surface area (Å²) in [4.78, 5) is 13.7. The summed E-state index contributed by atoms with van der Waals surface area (Å²) in [6.07, 6.45) is 1.47. The van der Waals surface area contributed by atoms with Gasteiger partial charge in [0.2, 0.25) is 0 Å². The lowest BCUT2D eigenvalue weighted by Crippen LogP contribution is -2.35. The van der Waals surface area contributed by atoms with Gasteiger partial charge >= 0.3 is 0 Å². The minimum absolute atomic E-state index is 0.00362. The van der Waals surface area contributed by atoms with Crippen molar-refractivity contribution in [3.63, 3.8) is 0 Å². The van der Waals surface area contributed by atoms with Crippen LogP contribution in [0.5, 0.6) is 0 Å². The third-order valence-electron chi connectivity index (χ3n) is 2.11. The van der Waals surface area contributed by atoms with Crippen molar-refractivity contribution in [1.82, 2.24) is 4.90 Å². The SMILES string of the molecule is CC(CN(C)C(=O)c1ccco1)C(N)=S. The third-order valence-corrected chi connectivity index (χ3v) is 2.51. The van der Waals surface area contributed by atoms with Crippen LogP contribution in [-0.4, -0.2) is 29.4 Å². The maximum absolute atomic E-state index is 11.7. The molecule has 15 heavy (non-hydrogen) atoms. The van der Waals surface area contributed by atoms with Crippen molar-refractivity contribution >= 4 is 23.1 Å². The second-order valence-corrected chi connectivity index (χ2v) is 3.94. The molecule has 0 aliphatic carbocycles. The molecule has 1 aromatic rings. The first-order chi connectivity index (χ1) is 7.02. The number of rotatable bonds is 4. The van der Waals surface area contributed by atoms with E-state index in [4.69, 9.17) is 22.4 Å². The van der Waals surface area contributed by atoms with Crippen LogP contribution in [-0.2, 0) is 0 Å². The second kappa shape index (κ2) is 4.93. The molecule has 5 heteroatoms. The Hall–Kier alpha value is -1.36. The highest BCUT2D eigenvalue weighted by Gasteiger charge is 2.17. The van der Waals surface area contributed by atoms with Gasteiger partial charge in [-0.3, -0.25) is 4.79 Å². The molecular formula is C10H14N2O2S. The fourth-order valence-corrected chi connectivity index (χ4v) is 1.25. The number of hydrogen-bond acceptors (Lipinski definition) is 3. The van der Waals surface area contributed by atoms with Gasteiger partial charge in [0.25, 0.3) is 5.91 Å². The van der Waals surface area contributed by atoms with E-state index in [2.05, 4.69) is 0 Å². The molecule has 0 fully saturated rings. The van der Waals surface area contributed by atoms with Crippen molar-refractivity contribution < 1.29 is 9.21 Å². The van der Waals surface area contributed by atoms with E-state index >= 15 is 0 Å². The number of furan rings is 1. The molecule has 0 aliphatic heterocycles. The number of nitrogens with two attached hydrogens (primary N) is 1. The Morgan fingerprint density at radius 3 is 2.87 bits per heavy atom. The van der Waals surface area contributed by atoms with Crippen LogP contribution < -0.4 is 5.73 Å². The summed E-state index contributed by atoms with van der Waals surface area (Å²) in [5, 5.41) is 0. The van der Waals surface area contributed by atoms with Crippen LogP contribution in [0.15, 0.2) is 22.8 Å². The smallest absolute Gasteiger partial charge is 0.289 e. The second-order valence-electron chi connectivity index (χ2n) is 3.47. The average Bonchev–Trinajstić information content (AvgIpc) is 2.68. The molecule has 4 nitrogen and oxygen atoms in total. The lowest BCUT2D eigenvalue weighted by atomic mass is 10.1. The first-order valence-electron chi connectivity index (χ1n) is 4.60. The van der Waals surface area contributed by atoms with Gasteiger partial charge in [-0.15, -0.1) is 0 Å². The Kier molecular flexibility index (Phi) is 3.85. The van der Waals surface area contributed by atoms with Crippen molar-refractivity contribution in [1.29, 1.82) is 0 Å². The summed E-state index contributed by atoms with van der Waals surface area (Å²) in [5.41, 5.74) is 5.47. The quantitative estimate of drug-likeness (QED) is 0.785. The van der Waals surface area contributed by atoms with Crippen LogP contribution >= 0.6 is 12.2 Å². The molecule has 0 saturated carbocycles. The fraction of sp³-hybridized carbons (Fsp3) is 0.400. The number of thiocarbonyl (C=S) groups is 1. The number of carbonyl (C=O) groups is 1. The summed E-state index contributed by atoms with van der Waals surface area (Å²) in [7, 11) is 1.69. The molecular weight excluding hydrogens is 212 g/mol. The van der Waals surface area contributed by atoms with Crippen molar-refractivity contribution in [2.75, 3.05) is 13.6 Å². The van der Waals surface area contributed by atoms with E-state index in [1.54, 1.807) is 24.1 Å². The van der Waals surface area contributed by atoms with Crippen molar-refractivity contribution in [2.45, 2.75) is 6.92 Å². The zero-order valence-corrected chi connectivity index (χ0v) is 9.58. The minimum Gasteiger partial charge on any atom is -0.459 e. The summed E-state index contributed by atoms with van der Waals surface area (Å²) < 4.78 is 5.00. The number of hydrogen-bond donors (Lipinski definition) is 1. The van der Waals surface area contributed by atoms with E-state index in [0.717, 1.165) is 0 Å². The van der Waals surface area contributed by atoms with Crippen LogP contribution in [0.2, 0.25) is 0 Å². The molecule has 0 aliphatic rings. The van der Waals surface area contributed by atoms with Gasteiger partial charge in [-0.25, -0.2) is 0 Å². The number of nitrogens with zero attached hydrogens (tertiary/aromatic N) is 1. The third kappa shape index (κ3) is 3.06. The molecule has 2 N–H and O–H groups in total. The van der Waals surface area contributed by atoms with Crippen LogP contribution in [0.25, 0.3) is 0 Å². The molecule has 0 radical (unpaired) electrons. The average molecular weight is 226 g/mol. The molecule has 0 bridgehead atoms. The van der Waals surface area contributed by atoms with Crippen molar-refractivity contribution in [2.24, 2.45) is 11.7 Å². The van der Waals surface area contributed by atoms with E-state index in [9.17, 15) is 4.79 Å². The van der Waals surface area contributed by atoms with Crippen molar-refractivity contribution in [3.8, 4) is 0 Å². The molecule has 0 aromatic carbocycles. The Bertz CT molecular complexity index is 348. The van der Waals surface area contributed by atoms with E-state index in [0.29, 0.717) is 17.3 Å². The Balaban J connectivity index is 2.58. The molecule has 1 atom stereocenters. The maximum atomic E-state index is 11.7. The molecule has 1 rings (SSSR count). The Morgan fingerprint density at radius 2 is 2.40 bits per heavy atom. The van der Waals surface area contributed by atoms with E-state index in [-0.39, 0.29) is 11.8 Å². The molecule has 0 spiro atoms. The Morgan fingerprint density at radius 1 is 1.73 bits per heavy atom. The highest BCUT2D eigenvalue weighted by molar-refractivity contribution is 7.80. The topological polar surface area (TPSA) is 59.5 Å². The predicted molar refractivity (Wildman–Crippen MR) is 61.6 cm³/mol. The standard InChI is InChI=1S/C10H14N2O2S/c1-7(9(11)15)6-12(2)10(13)8-4-3-5-14-8/h3-5,7H,6H2,1-2H3,(H2,11,15). The largest absolute Gasteiger partial charge is 0.459 e. The molecule has 0 saturated heterocycles. The normalized spacial score (nSPS) is 12.1. The highest BCUT2D eigenvalue weighted by Crippen LogP contribution is 2.06. The summed E-state index contributed by atoms with van der Waals surface area (Å²) in [6.45, 7) is 2.38. The molecule has 1 amide bonds. The predicted octanol–water partition coefficient (Wildman–Crippen LogP) is 1.27. The first-order valence-corrected chi connectivity index (χ1v) is 5.01. The van der Waals surface area contributed by atoms with Gasteiger partial charge in [0.05, 0.1) is 11.3 Å². The minimum atomic E-state index is -0.164. The zero-order chi connectivity index (χ0) is 11.4. The van der Waals surface area contributed by atoms with E-state index < -0.39 is 0 Å². The van der Waals surface area contributed by atoms with Crippen molar-refractivity contribution in [3.05, 3.63) is 24.2 Å². The fourth-order valence-electron chi connectivity index (χ4n) is 1.17. The number of amides is 1. The van der Waals surface area contributed by atoms with Crippen LogP contribution in [0.4, 0.5) is 0 Å². The summed E-state index contributed by atoms with van der Waals surface area (Å²) >= 11 is 4.84. The van der Waals surface area contributed by atoms with Gasteiger partial charge in [-0.2, -0.15) is 0 Å². The van der Waals surface area contributed by atoms with Crippen LogP contribution in [0, 0.1) is 5.92 Å². The molecule has 1 aromatic heterocycles. The van der Waals surface area contributed by atoms with Gasteiger partial charge in [-0.05, 0) is 12.1 Å². The first kappa shape index (κ1) is 11.7. The molecule has 82 valence electrons. The van der Waals surface area contributed by atoms with Gasteiger partial charge in [-0.1, -0.05) is 19.1 Å². The maximum Gasteiger partial charge on any atom is 0.289 e. The summed E-state index contributed by atoms with van der Waals surface area (Å²) in [5.74, 6) is 0.166. The van der Waals surface area contributed by atoms with Gasteiger partial charge in [0.15, 0.2) is 5.76 Å². The highest BCUT2D eigenvalue weighted by atomic mass is 32.1. The van der Waals surface area contributed by atoms with Crippen LogP contribution in [0.1, 0.15) is 17.5 Å². The zero-order valence-electron chi connectivity index (χ0n) is 8.77. The van der Waals surface area contributed by atoms with Gasteiger partial charge in [0.1, 0.15) is 0 Å². The number of carbonyl (C=O) groups excluding carboxylic acids is 1. The Labute approximate surface area is 94.0 Å². The lowest BCUT2D eigenvalue weighted by molar-refractivity contribution is 0.0755. The molecule has 1 heterocycles. The van der Waals surface area contributed by atoms with Gasteiger partial charge < -0.3 is 15.1 Å². The molecule has 1 unspecified atom stereocenters.